The van der Waals surface area contributed by atoms with Crippen LogP contribution in [0.3, 0.4) is 0 Å². The molecule has 2 fully saturated rings. The molecule has 2 saturated heterocycles. The highest BCUT2D eigenvalue weighted by molar-refractivity contribution is 5.73. The molecule has 1 N–H and O–H groups in total. The van der Waals surface area contributed by atoms with Gasteiger partial charge in [-0.05, 0) is 31.4 Å². The number of amides is 1. The summed E-state index contributed by atoms with van der Waals surface area (Å²) in [5, 5.41) is 2.91. The molecule has 166 valence electrons. The van der Waals surface area contributed by atoms with Crippen molar-refractivity contribution in [3.63, 3.8) is 0 Å². The number of ether oxygens (including phenoxy) is 1. The lowest BCUT2D eigenvalue weighted by molar-refractivity contribution is -0.137. The first-order chi connectivity index (χ1) is 14.8. The fourth-order valence-electron chi connectivity index (χ4n) is 3.99. The predicted molar refractivity (Wildman–Crippen MR) is 107 cm³/mol. The number of carbonyl (C=O) groups is 1. The van der Waals surface area contributed by atoms with Crippen LogP contribution in [0, 0.1) is 0 Å². The molecule has 0 aliphatic carbocycles. The molecule has 1 amide bonds. The molecule has 2 aliphatic rings. The highest BCUT2D eigenvalue weighted by Gasteiger charge is 2.31. The number of aromatic nitrogens is 3. The van der Waals surface area contributed by atoms with E-state index in [2.05, 4.69) is 15.3 Å². The molecule has 0 aromatic carbocycles. The molecule has 2 atom stereocenters. The summed E-state index contributed by atoms with van der Waals surface area (Å²) in [5.74, 6) is 1.14. The Bertz CT molecular complexity index is 947. The van der Waals surface area contributed by atoms with Crippen molar-refractivity contribution in [1.29, 1.82) is 0 Å². The highest BCUT2D eigenvalue weighted by Crippen LogP contribution is 2.32. The molecule has 4 rings (SSSR count). The molecule has 2 aliphatic heterocycles. The Morgan fingerprint density at radius 3 is 2.74 bits per heavy atom. The largest absolute Gasteiger partial charge is 0.416 e. The number of nitrogens with zero attached hydrogens (tertiary/aromatic N) is 4. The Morgan fingerprint density at radius 1 is 1.19 bits per heavy atom. The summed E-state index contributed by atoms with van der Waals surface area (Å²) in [6, 6.07) is 3.63. The van der Waals surface area contributed by atoms with E-state index < -0.39 is 11.7 Å². The van der Waals surface area contributed by atoms with Gasteiger partial charge >= 0.3 is 6.18 Å². The van der Waals surface area contributed by atoms with Crippen LogP contribution in [0.1, 0.15) is 55.1 Å². The van der Waals surface area contributed by atoms with E-state index in [0.29, 0.717) is 31.4 Å². The van der Waals surface area contributed by atoms with Gasteiger partial charge in [-0.1, -0.05) is 0 Å². The van der Waals surface area contributed by atoms with E-state index >= 15 is 0 Å². The number of pyridine rings is 1. The number of halogens is 3. The second kappa shape index (κ2) is 8.78. The van der Waals surface area contributed by atoms with Crippen LogP contribution in [0.15, 0.2) is 24.4 Å². The molecule has 2 aromatic rings. The van der Waals surface area contributed by atoms with Crippen LogP contribution in [-0.2, 0) is 15.7 Å². The first-order valence-corrected chi connectivity index (χ1v) is 10.3. The molecule has 0 bridgehead atoms. The van der Waals surface area contributed by atoms with E-state index in [1.54, 1.807) is 17.9 Å². The quantitative estimate of drug-likeness (QED) is 0.786. The van der Waals surface area contributed by atoms with Crippen LogP contribution in [0.5, 0.6) is 0 Å². The zero-order valence-corrected chi connectivity index (χ0v) is 17.2. The van der Waals surface area contributed by atoms with Crippen molar-refractivity contribution in [2.45, 2.75) is 44.2 Å². The van der Waals surface area contributed by atoms with Crippen molar-refractivity contribution in [1.82, 2.24) is 19.9 Å². The Hall–Kier alpha value is -2.75. The van der Waals surface area contributed by atoms with Crippen LogP contribution in [-0.4, -0.2) is 52.1 Å². The summed E-state index contributed by atoms with van der Waals surface area (Å²) in [4.78, 5) is 27.0. The number of likely N-dealkylation sites (tertiary alicyclic amines) is 1. The number of hydrogen-bond donors (Lipinski definition) is 1. The van der Waals surface area contributed by atoms with E-state index in [4.69, 9.17) is 9.72 Å². The molecule has 0 radical (unpaired) electrons. The third-order valence-electron chi connectivity index (χ3n) is 5.69. The zero-order valence-electron chi connectivity index (χ0n) is 17.2. The van der Waals surface area contributed by atoms with Gasteiger partial charge in [-0.15, -0.1) is 0 Å². The van der Waals surface area contributed by atoms with Crippen molar-refractivity contribution in [3.8, 4) is 0 Å². The fraction of sp³-hybridized carbons (Fsp3) is 0.524. The minimum absolute atomic E-state index is 0.0229. The molecular weight excluding hydrogens is 411 g/mol. The minimum atomic E-state index is -4.46. The summed E-state index contributed by atoms with van der Waals surface area (Å²) >= 11 is 0. The Labute approximate surface area is 178 Å². The van der Waals surface area contributed by atoms with E-state index in [1.165, 1.54) is 0 Å². The summed E-state index contributed by atoms with van der Waals surface area (Å²) in [7, 11) is 0. The lowest BCUT2D eigenvalue weighted by atomic mass is 9.94. The van der Waals surface area contributed by atoms with E-state index in [9.17, 15) is 18.0 Å². The van der Waals surface area contributed by atoms with E-state index in [-0.39, 0.29) is 23.6 Å². The normalized spacial score (nSPS) is 21.9. The van der Waals surface area contributed by atoms with Gasteiger partial charge in [0.1, 0.15) is 17.5 Å². The molecular formula is C21H24F3N5O2. The van der Waals surface area contributed by atoms with Gasteiger partial charge in [-0.2, -0.15) is 13.2 Å². The SMILES string of the molecule is CC(=O)N1CCCC(c2cc(Nc3cc(C(F)(F)F)ccn3)nc(C3CCOC3)n2)C1. The Balaban J connectivity index is 1.65. The summed E-state index contributed by atoms with van der Waals surface area (Å²) in [6.07, 6.45) is -0.808. The standard InChI is InChI=1S/C21H24F3N5O2/c1-13(30)29-7-2-3-14(11-29)17-10-19(28-20(26-17)15-5-8-31-12-15)27-18-9-16(4-6-25-18)21(22,23)24/h4,6,9-10,14-15H,2-3,5,7-8,11-12H2,1H3,(H,25,26,27,28). The highest BCUT2D eigenvalue weighted by atomic mass is 19.4. The third kappa shape index (κ3) is 5.12. The number of piperidine rings is 1. The van der Waals surface area contributed by atoms with Gasteiger partial charge < -0.3 is 15.0 Å². The molecule has 0 saturated carbocycles. The number of rotatable bonds is 4. The van der Waals surface area contributed by atoms with Crippen molar-refractivity contribution in [2.24, 2.45) is 0 Å². The first kappa shape index (κ1) is 21.5. The first-order valence-electron chi connectivity index (χ1n) is 10.3. The lowest BCUT2D eigenvalue weighted by Gasteiger charge is -2.32. The number of alkyl halides is 3. The number of carbonyl (C=O) groups excluding carboxylic acids is 1. The van der Waals surface area contributed by atoms with Crippen molar-refractivity contribution in [2.75, 3.05) is 31.6 Å². The molecule has 2 unspecified atom stereocenters. The van der Waals surface area contributed by atoms with Gasteiger partial charge in [0, 0.05) is 50.7 Å². The topological polar surface area (TPSA) is 80.2 Å². The van der Waals surface area contributed by atoms with Crippen LogP contribution in [0.4, 0.5) is 24.8 Å². The Morgan fingerprint density at radius 2 is 2.03 bits per heavy atom. The van der Waals surface area contributed by atoms with E-state index in [1.807, 2.05) is 0 Å². The lowest BCUT2D eigenvalue weighted by Crippen LogP contribution is -2.38. The second-order valence-electron chi connectivity index (χ2n) is 7.95. The van der Waals surface area contributed by atoms with Gasteiger partial charge in [0.15, 0.2) is 0 Å². The predicted octanol–water partition coefficient (Wildman–Crippen LogP) is 3.86. The smallest absolute Gasteiger partial charge is 0.381 e. The van der Waals surface area contributed by atoms with Gasteiger partial charge in [-0.3, -0.25) is 4.79 Å². The number of nitrogens with one attached hydrogen (secondary N) is 1. The van der Waals surface area contributed by atoms with Crippen LogP contribution < -0.4 is 5.32 Å². The van der Waals surface area contributed by atoms with Crippen molar-refractivity contribution in [3.05, 3.63) is 41.5 Å². The maximum atomic E-state index is 13.1. The maximum absolute atomic E-state index is 13.1. The average Bonchev–Trinajstić information content (AvgIpc) is 3.28. The third-order valence-corrected chi connectivity index (χ3v) is 5.69. The fourth-order valence-corrected chi connectivity index (χ4v) is 3.99. The monoisotopic (exact) mass is 435 g/mol. The molecule has 2 aromatic heterocycles. The van der Waals surface area contributed by atoms with Gasteiger partial charge in [0.2, 0.25) is 5.91 Å². The molecule has 4 heterocycles. The Kier molecular flexibility index (Phi) is 6.08. The second-order valence-corrected chi connectivity index (χ2v) is 7.95. The van der Waals surface area contributed by atoms with Gasteiger partial charge in [0.25, 0.3) is 0 Å². The minimum Gasteiger partial charge on any atom is -0.381 e. The van der Waals surface area contributed by atoms with Crippen molar-refractivity contribution < 1.29 is 22.7 Å². The van der Waals surface area contributed by atoms with Crippen molar-refractivity contribution >= 4 is 17.5 Å². The molecule has 7 nitrogen and oxygen atoms in total. The molecule has 0 spiro atoms. The van der Waals surface area contributed by atoms with Gasteiger partial charge in [-0.25, -0.2) is 15.0 Å². The van der Waals surface area contributed by atoms with Crippen LogP contribution >= 0.6 is 0 Å². The molecule has 31 heavy (non-hydrogen) atoms. The average molecular weight is 435 g/mol. The maximum Gasteiger partial charge on any atom is 0.416 e. The van der Waals surface area contributed by atoms with E-state index in [0.717, 1.165) is 49.8 Å². The summed E-state index contributed by atoms with van der Waals surface area (Å²) < 4.78 is 44.6. The van der Waals surface area contributed by atoms with Gasteiger partial charge in [0.05, 0.1) is 17.9 Å². The van der Waals surface area contributed by atoms with Crippen LogP contribution in [0.25, 0.3) is 0 Å². The number of anilines is 2. The van der Waals surface area contributed by atoms with Crippen LogP contribution in [0.2, 0.25) is 0 Å². The molecule has 10 heteroatoms. The number of hydrogen-bond acceptors (Lipinski definition) is 6. The summed E-state index contributed by atoms with van der Waals surface area (Å²) in [5.41, 5.74) is -0.00889. The summed E-state index contributed by atoms with van der Waals surface area (Å²) in [6.45, 7) is 3.97. The zero-order chi connectivity index (χ0) is 22.0.